The van der Waals surface area contributed by atoms with Crippen LogP contribution < -0.4 is 16.4 Å². The highest BCUT2D eigenvalue weighted by Gasteiger charge is 2.04. The standard InChI is InChI=1S/C18H21N3O2/c1-2-13-6-8-14(9-7-13)11-20-18(23)21-12-15-4-3-5-16(10-15)17(19)22/h3-10H,2,11-12H2,1H3,(H2,19,22)(H2,20,21,23). The number of hydrogen-bond donors (Lipinski definition) is 3. The van der Waals surface area contributed by atoms with Crippen molar-refractivity contribution in [2.24, 2.45) is 5.73 Å². The summed E-state index contributed by atoms with van der Waals surface area (Å²) < 4.78 is 0. The van der Waals surface area contributed by atoms with Gasteiger partial charge in [0.1, 0.15) is 0 Å². The van der Waals surface area contributed by atoms with Crippen molar-refractivity contribution in [1.82, 2.24) is 10.6 Å². The van der Waals surface area contributed by atoms with E-state index in [4.69, 9.17) is 5.73 Å². The van der Waals surface area contributed by atoms with Gasteiger partial charge in [-0.1, -0.05) is 43.3 Å². The molecule has 120 valence electrons. The van der Waals surface area contributed by atoms with Crippen molar-refractivity contribution in [3.63, 3.8) is 0 Å². The van der Waals surface area contributed by atoms with Crippen LogP contribution in [0.2, 0.25) is 0 Å². The zero-order chi connectivity index (χ0) is 16.7. The minimum Gasteiger partial charge on any atom is -0.366 e. The molecule has 2 aromatic carbocycles. The molecule has 0 saturated carbocycles. The summed E-state index contributed by atoms with van der Waals surface area (Å²) in [5.74, 6) is -0.480. The third-order valence-electron chi connectivity index (χ3n) is 3.55. The Morgan fingerprint density at radius 2 is 1.52 bits per heavy atom. The summed E-state index contributed by atoms with van der Waals surface area (Å²) in [4.78, 5) is 22.9. The number of urea groups is 1. The quantitative estimate of drug-likeness (QED) is 0.765. The molecule has 0 atom stereocenters. The van der Waals surface area contributed by atoms with Gasteiger partial charge >= 0.3 is 6.03 Å². The van der Waals surface area contributed by atoms with Crippen LogP contribution in [0.1, 0.15) is 34.0 Å². The van der Waals surface area contributed by atoms with E-state index in [1.54, 1.807) is 18.2 Å². The molecule has 0 bridgehead atoms. The largest absolute Gasteiger partial charge is 0.366 e. The maximum absolute atomic E-state index is 11.8. The van der Waals surface area contributed by atoms with Crippen molar-refractivity contribution in [2.45, 2.75) is 26.4 Å². The number of nitrogens with one attached hydrogen (secondary N) is 2. The molecular weight excluding hydrogens is 290 g/mol. The number of amides is 3. The topological polar surface area (TPSA) is 84.2 Å². The van der Waals surface area contributed by atoms with Gasteiger partial charge in [-0.15, -0.1) is 0 Å². The molecule has 5 heteroatoms. The highest BCUT2D eigenvalue weighted by Crippen LogP contribution is 2.05. The number of primary amides is 1. The summed E-state index contributed by atoms with van der Waals surface area (Å²) in [5, 5.41) is 5.56. The summed E-state index contributed by atoms with van der Waals surface area (Å²) in [7, 11) is 0. The van der Waals surface area contributed by atoms with Gasteiger partial charge in [-0.3, -0.25) is 4.79 Å². The van der Waals surface area contributed by atoms with Crippen molar-refractivity contribution in [2.75, 3.05) is 0 Å². The zero-order valence-corrected chi connectivity index (χ0v) is 13.1. The van der Waals surface area contributed by atoms with E-state index in [2.05, 4.69) is 29.7 Å². The monoisotopic (exact) mass is 311 g/mol. The average molecular weight is 311 g/mol. The van der Waals surface area contributed by atoms with E-state index in [1.807, 2.05) is 18.2 Å². The number of aryl methyl sites for hydroxylation is 1. The van der Waals surface area contributed by atoms with E-state index in [-0.39, 0.29) is 6.03 Å². The van der Waals surface area contributed by atoms with Crippen LogP contribution in [0.3, 0.4) is 0 Å². The third kappa shape index (κ3) is 5.14. The van der Waals surface area contributed by atoms with Gasteiger partial charge in [-0.05, 0) is 35.2 Å². The van der Waals surface area contributed by atoms with Crippen LogP contribution in [0.15, 0.2) is 48.5 Å². The van der Waals surface area contributed by atoms with E-state index in [1.165, 1.54) is 5.56 Å². The second-order valence-corrected chi connectivity index (χ2v) is 5.27. The lowest BCUT2D eigenvalue weighted by Crippen LogP contribution is -2.34. The van der Waals surface area contributed by atoms with Gasteiger partial charge in [-0.2, -0.15) is 0 Å². The van der Waals surface area contributed by atoms with Crippen LogP contribution in [0.5, 0.6) is 0 Å². The number of carbonyl (C=O) groups is 2. The van der Waals surface area contributed by atoms with E-state index in [0.29, 0.717) is 18.7 Å². The van der Waals surface area contributed by atoms with Crippen molar-refractivity contribution >= 4 is 11.9 Å². The molecule has 2 rings (SSSR count). The second kappa shape index (κ2) is 7.98. The lowest BCUT2D eigenvalue weighted by Gasteiger charge is -2.09. The maximum atomic E-state index is 11.8. The Bertz CT molecular complexity index is 681. The molecule has 0 spiro atoms. The summed E-state index contributed by atoms with van der Waals surface area (Å²) in [6.45, 7) is 2.91. The molecule has 0 aliphatic heterocycles. The fraction of sp³-hybridized carbons (Fsp3) is 0.222. The molecule has 3 amide bonds. The Hall–Kier alpha value is -2.82. The normalized spacial score (nSPS) is 10.1. The first-order valence-electron chi connectivity index (χ1n) is 7.56. The average Bonchev–Trinajstić information content (AvgIpc) is 2.58. The first-order valence-corrected chi connectivity index (χ1v) is 7.56. The fourth-order valence-electron chi connectivity index (χ4n) is 2.15. The lowest BCUT2D eigenvalue weighted by atomic mass is 10.1. The second-order valence-electron chi connectivity index (χ2n) is 5.27. The molecule has 23 heavy (non-hydrogen) atoms. The molecule has 0 aliphatic rings. The van der Waals surface area contributed by atoms with Gasteiger partial charge in [0.25, 0.3) is 0 Å². The Morgan fingerprint density at radius 1 is 0.913 bits per heavy atom. The molecule has 5 nitrogen and oxygen atoms in total. The van der Waals surface area contributed by atoms with Crippen LogP contribution in [-0.4, -0.2) is 11.9 Å². The van der Waals surface area contributed by atoms with Crippen molar-refractivity contribution in [1.29, 1.82) is 0 Å². The molecule has 0 unspecified atom stereocenters. The van der Waals surface area contributed by atoms with E-state index in [0.717, 1.165) is 17.5 Å². The SMILES string of the molecule is CCc1ccc(CNC(=O)NCc2cccc(C(N)=O)c2)cc1. The lowest BCUT2D eigenvalue weighted by molar-refractivity contribution is 0.1000. The minimum atomic E-state index is -0.480. The summed E-state index contributed by atoms with van der Waals surface area (Å²) in [6.07, 6.45) is 0.999. The minimum absolute atomic E-state index is 0.256. The fourth-order valence-corrected chi connectivity index (χ4v) is 2.15. The Kier molecular flexibility index (Phi) is 5.74. The van der Waals surface area contributed by atoms with Crippen molar-refractivity contribution in [3.8, 4) is 0 Å². The maximum Gasteiger partial charge on any atom is 0.315 e. The highest BCUT2D eigenvalue weighted by atomic mass is 16.2. The van der Waals surface area contributed by atoms with Gasteiger partial charge in [0.15, 0.2) is 0 Å². The predicted octanol–water partition coefficient (Wildman–Crippen LogP) is 2.35. The summed E-state index contributed by atoms with van der Waals surface area (Å²) >= 11 is 0. The van der Waals surface area contributed by atoms with Gasteiger partial charge in [0, 0.05) is 18.7 Å². The van der Waals surface area contributed by atoms with E-state index < -0.39 is 5.91 Å². The van der Waals surface area contributed by atoms with Gasteiger partial charge in [0.05, 0.1) is 0 Å². The van der Waals surface area contributed by atoms with Gasteiger partial charge in [-0.25, -0.2) is 4.79 Å². The van der Waals surface area contributed by atoms with Crippen molar-refractivity contribution in [3.05, 3.63) is 70.8 Å². The molecule has 0 saturated heterocycles. The zero-order valence-electron chi connectivity index (χ0n) is 13.1. The number of hydrogen-bond acceptors (Lipinski definition) is 2. The van der Waals surface area contributed by atoms with Crippen LogP contribution in [0.25, 0.3) is 0 Å². The molecule has 4 N–H and O–H groups in total. The smallest absolute Gasteiger partial charge is 0.315 e. The molecule has 0 aliphatic carbocycles. The molecule has 0 heterocycles. The van der Waals surface area contributed by atoms with Crippen LogP contribution in [-0.2, 0) is 19.5 Å². The molecular formula is C18H21N3O2. The van der Waals surface area contributed by atoms with E-state index >= 15 is 0 Å². The van der Waals surface area contributed by atoms with Gasteiger partial charge in [0.2, 0.25) is 5.91 Å². The number of benzene rings is 2. The number of rotatable bonds is 6. The molecule has 2 aromatic rings. The third-order valence-corrected chi connectivity index (χ3v) is 3.55. The molecule has 0 radical (unpaired) electrons. The molecule has 0 aromatic heterocycles. The van der Waals surface area contributed by atoms with Crippen LogP contribution >= 0.6 is 0 Å². The number of nitrogens with two attached hydrogens (primary N) is 1. The highest BCUT2D eigenvalue weighted by molar-refractivity contribution is 5.92. The van der Waals surface area contributed by atoms with Crippen LogP contribution in [0.4, 0.5) is 4.79 Å². The van der Waals surface area contributed by atoms with Gasteiger partial charge < -0.3 is 16.4 Å². The van der Waals surface area contributed by atoms with E-state index in [9.17, 15) is 9.59 Å². The summed E-state index contributed by atoms with van der Waals surface area (Å²) in [6, 6.07) is 14.8. The Labute approximate surface area is 135 Å². The molecule has 0 fully saturated rings. The first kappa shape index (κ1) is 16.5. The Balaban J connectivity index is 1.80. The summed E-state index contributed by atoms with van der Waals surface area (Å²) in [5.41, 5.74) is 8.81. The predicted molar refractivity (Wildman–Crippen MR) is 89.9 cm³/mol. The van der Waals surface area contributed by atoms with Crippen LogP contribution in [0, 0.1) is 0 Å². The number of carbonyl (C=O) groups excluding carboxylic acids is 2. The first-order chi connectivity index (χ1) is 11.1. The Morgan fingerprint density at radius 3 is 2.13 bits per heavy atom. The van der Waals surface area contributed by atoms with Crippen molar-refractivity contribution < 1.29 is 9.59 Å².